The van der Waals surface area contributed by atoms with Crippen LogP contribution >= 0.6 is 24.8 Å². The lowest BCUT2D eigenvalue weighted by Gasteiger charge is -2.24. The molecule has 1 fully saturated rings. The van der Waals surface area contributed by atoms with Gasteiger partial charge in [0.15, 0.2) is 0 Å². The number of halogens is 2. The second kappa shape index (κ2) is 6.38. The maximum Gasteiger partial charge on any atom is 0.139 e. The summed E-state index contributed by atoms with van der Waals surface area (Å²) >= 11 is 0. The Kier molecular flexibility index (Phi) is 5.41. The Bertz CT molecular complexity index is 509. The topological polar surface area (TPSA) is 39.1 Å². The third kappa shape index (κ3) is 2.62. The van der Waals surface area contributed by atoms with Gasteiger partial charge in [0.05, 0.1) is 12.3 Å². The van der Waals surface area contributed by atoms with Gasteiger partial charge in [0, 0.05) is 31.7 Å². The second-order valence-electron chi connectivity index (χ2n) is 4.11. The first-order valence-electron chi connectivity index (χ1n) is 5.59. The molecule has 4 nitrogen and oxygen atoms in total. The predicted octanol–water partition coefficient (Wildman–Crippen LogP) is 2.08. The summed E-state index contributed by atoms with van der Waals surface area (Å²) < 4.78 is 7.88. The minimum Gasteiger partial charge on any atom is -0.369 e. The van der Waals surface area contributed by atoms with E-state index < -0.39 is 0 Å². The number of hydrogen-bond acceptors (Lipinski definition) is 3. The molecule has 2 aromatic rings. The van der Waals surface area contributed by atoms with Crippen molar-refractivity contribution in [3.8, 4) is 0 Å². The van der Waals surface area contributed by atoms with Crippen molar-refractivity contribution in [3.05, 3.63) is 30.1 Å². The van der Waals surface area contributed by atoms with Crippen LogP contribution in [0.1, 0.15) is 11.8 Å². The van der Waals surface area contributed by atoms with Crippen molar-refractivity contribution in [2.75, 3.05) is 19.7 Å². The van der Waals surface area contributed by atoms with E-state index in [-0.39, 0.29) is 30.9 Å². The van der Waals surface area contributed by atoms with Gasteiger partial charge >= 0.3 is 0 Å². The van der Waals surface area contributed by atoms with Crippen LogP contribution in [0.3, 0.4) is 0 Å². The first kappa shape index (κ1) is 15.2. The molecule has 1 aliphatic rings. The van der Waals surface area contributed by atoms with Crippen LogP contribution in [0.4, 0.5) is 0 Å². The Morgan fingerprint density at radius 1 is 1.44 bits per heavy atom. The standard InChI is InChI=1S/C12H15N3O.2ClH/c1-15-10(11-8-13-5-6-16-11)7-9-3-2-4-14-12(9)15;;/h2-4,7,11,13H,5-6,8H2,1H3;2*1H. The van der Waals surface area contributed by atoms with Crippen molar-refractivity contribution in [1.82, 2.24) is 14.9 Å². The SMILES string of the molecule is Cl.Cl.Cn1c(C2CNCCO2)cc2cccnc21. The summed E-state index contributed by atoms with van der Waals surface area (Å²) in [7, 11) is 2.04. The molecule has 1 aliphatic heterocycles. The molecule has 18 heavy (non-hydrogen) atoms. The molecular formula is C12H17Cl2N3O. The molecule has 3 rings (SSSR count). The van der Waals surface area contributed by atoms with Crippen LogP contribution in [0.15, 0.2) is 24.4 Å². The molecule has 6 heteroatoms. The summed E-state index contributed by atoms with van der Waals surface area (Å²) in [5.41, 5.74) is 2.22. The predicted molar refractivity (Wildman–Crippen MR) is 76.8 cm³/mol. The van der Waals surface area contributed by atoms with E-state index >= 15 is 0 Å². The highest BCUT2D eigenvalue weighted by Gasteiger charge is 2.19. The van der Waals surface area contributed by atoms with Crippen molar-refractivity contribution >= 4 is 35.8 Å². The second-order valence-corrected chi connectivity index (χ2v) is 4.11. The molecule has 1 atom stereocenters. The van der Waals surface area contributed by atoms with E-state index in [1.807, 2.05) is 19.3 Å². The molecule has 0 amide bonds. The molecule has 1 unspecified atom stereocenters. The highest BCUT2D eigenvalue weighted by molar-refractivity contribution is 5.85. The van der Waals surface area contributed by atoms with Gasteiger partial charge in [0.25, 0.3) is 0 Å². The molecule has 3 heterocycles. The zero-order valence-corrected chi connectivity index (χ0v) is 11.8. The molecule has 0 aliphatic carbocycles. The van der Waals surface area contributed by atoms with Gasteiger partial charge < -0.3 is 14.6 Å². The van der Waals surface area contributed by atoms with E-state index in [2.05, 4.69) is 27.0 Å². The number of fused-ring (bicyclic) bond motifs is 1. The molecular weight excluding hydrogens is 273 g/mol. The van der Waals surface area contributed by atoms with Gasteiger partial charge in [-0.25, -0.2) is 4.98 Å². The van der Waals surface area contributed by atoms with Crippen LogP contribution < -0.4 is 5.32 Å². The Morgan fingerprint density at radius 2 is 2.28 bits per heavy atom. The maximum atomic E-state index is 5.76. The zero-order valence-electron chi connectivity index (χ0n) is 10.1. The Balaban J connectivity index is 0.000000810. The van der Waals surface area contributed by atoms with Gasteiger partial charge in [-0.1, -0.05) is 0 Å². The van der Waals surface area contributed by atoms with Crippen LogP contribution in [0.25, 0.3) is 11.0 Å². The van der Waals surface area contributed by atoms with Crippen LogP contribution in [0.5, 0.6) is 0 Å². The molecule has 1 saturated heterocycles. The lowest BCUT2D eigenvalue weighted by Crippen LogP contribution is -2.34. The van der Waals surface area contributed by atoms with E-state index in [0.29, 0.717) is 0 Å². The Morgan fingerprint density at radius 3 is 2.94 bits per heavy atom. The monoisotopic (exact) mass is 289 g/mol. The number of morpholine rings is 1. The number of rotatable bonds is 1. The van der Waals surface area contributed by atoms with Gasteiger partial charge in [-0.15, -0.1) is 24.8 Å². The number of ether oxygens (including phenoxy) is 1. The highest BCUT2D eigenvalue weighted by atomic mass is 35.5. The summed E-state index contributed by atoms with van der Waals surface area (Å²) in [6, 6.07) is 6.22. The van der Waals surface area contributed by atoms with Crippen LogP contribution in [0.2, 0.25) is 0 Å². The lowest BCUT2D eigenvalue weighted by atomic mass is 10.2. The smallest absolute Gasteiger partial charge is 0.139 e. The average molecular weight is 290 g/mol. The van der Waals surface area contributed by atoms with Gasteiger partial charge in [-0.05, 0) is 18.2 Å². The largest absolute Gasteiger partial charge is 0.369 e. The van der Waals surface area contributed by atoms with E-state index in [0.717, 1.165) is 25.3 Å². The van der Waals surface area contributed by atoms with Gasteiger partial charge in [0.1, 0.15) is 11.8 Å². The quantitative estimate of drug-likeness (QED) is 0.874. The molecule has 1 N–H and O–H groups in total. The van der Waals surface area contributed by atoms with Crippen molar-refractivity contribution in [2.45, 2.75) is 6.10 Å². The molecule has 0 aromatic carbocycles. The first-order valence-corrected chi connectivity index (χ1v) is 5.59. The van der Waals surface area contributed by atoms with Gasteiger partial charge in [-0.3, -0.25) is 0 Å². The summed E-state index contributed by atoms with van der Waals surface area (Å²) in [6.45, 7) is 2.60. The molecule has 0 saturated carbocycles. The number of pyridine rings is 1. The summed E-state index contributed by atoms with van der Waals surface area (Å²) in [4.78, 5) is 4.38. The lowest BCUT2D eigenvalue weighted by molar-refractivity contribution is 0.0235. The van der Waals surface area contributed by atoms with Crippen molar-refractivity contribution in [1.29, 1.82) is 0 Å². The Labute approximate surface area is 119 Å². The van der Waals surface area contributed by atoms with Crippen molar-refractivity contribution < 1.29 is 4.74 Å². The number of aryl methyl sites for hydroxylation is 1. The third-order valence-electron chi connectivity index (χ3n) is 3.08. The fraction of sp³-hybridized carbons (Fsp3) is 0.417. The minimum atomic E-state index is 0. The molecule has 0 radical (unpaired) electrons. The van der Waals surface area contributed by atoms with Crippen LogP contribution in [-0.4, -0.2) is 29.2 Å². The summed E-state index contributed by atoms with van der Waals surface area (Å²) in [6.07, 6.45) is 1.97. The first-order chi connectivity index (χ1) is 7.86. The van der Waals surface area contributed by atoms with Crippen molar-refractivity contribution in [2.24, 2.45) is 7.05 Å². The number of aromatic nitrogens is 2. The van der Waals surface area contributed by atoms with E-state index in [1.165, 1.54) is 11.1 Å². The molecule has 2 aromatic heterocycles. The van der Waals surface area contributed by atoms with Gasteiger partial charge in [-0.2, -0.15) is 0 Å². The molecule has 100 valence electrons. The fourth-order valence-electron chi connectivity index (χ4n) is 2.25. The zero-order chi connectivity index (χ0) is 11.0. The Hall–Kier alpha value is -0.810. The third-order valence-corrected chi connectivity index (χ3v) is 3.08. The fourth-order valence-corrected chi connectivity index (χ4v) is 2.25. The molecule has 0 bridgehead atoms. The van der Waals surface area contributed by atoms with Crippen LogP contribution in [-0.2, 0) is 11.8 Å². The normalized spacial score (nSPS) is 19.1. The molecule has 0 spiro atoms. The average Bonchev–Trinajstić information content (AvgIpc) is 2.69. The number of hydrogen-bond donors (Lipinski definition) is 1. The minimum absolute atomic E-state index is 0. The van der Waals surface area contributed by atoms with Crippen molar-refractivity contribution in [3.63, 3.8) is 0 Å². The summed E-state index contributed by atoms with van der Waals surface area (Å²) in [5, 5.41) is 4.52. The maximum absolute atomic E-state index is 5.76. The highest BCUT2D eigenvalue weighted by Crippen LogP contribution is 2.24. The summed E-state index contributed by atoms with van der Waals surface area (Å²) in [5.74, 6) is 0. The van der Waals surface area contributed by atoms with E-state index in [4.69, 9.17) is 4.74 Å². The van der Waals surface area contributed by atoms with E-state index in [1.54, 1.807) is 0 Å². The number of nitrogens with one attached hydrogen (secondary N) is 1. The van der Waals surface area contributed by atoms with Gasteiger partial charge in [0.2, 0.25) is 0 Å². The van der Waals surface area contributed by atoms with Crippen LogP contribution in [0, 0.1) is 0 Å². The van der Waals surface area contributed by atoms with E-state index in [9.17, 15) is 0 Å². The number of nitrogens with zero attached hydrogens (tertiary/aromatic N) is 2.